The molecule has 0 aliphatic rings. The van der Waals surface area contributed by atoms with Crippen molar-refractivity contribution in [2.45, 2.75) is 58.7 Å². The van der Waals surface area contributed by atoms with Crippen LogP contribution >= 0.6 is 0 Å². The Hall–Kier alpha value is -3.81. The normalized spacial score (nSPS) is 12.5. The summed E-state index contributed by atoms with van der Waals surface area (Å²) in [6, 6.07) is 5.03. The van der Waals surface area contributed by atoms with Crippen LogP contribution in [0.25, 0.3) is 0 Å². The van der Waals surface area contributed by atoms with Crippen LogP contribution in [0.2, 0.25) is 0 Å². The Balaban J connectivity index is 3.15. The fourth-order valence-electron chi connectivity index (χ4n) is 2.91. The molecule has 0 heterocycles. The number of nitrogens with zero attached hydrogens (tertiary/aromatic N) is 2. The molecule has 0 bridgehead atoms. The van der Waals surface area contributed by atoms with E-state index in [4.69, 9.17) is 9.47 Å². The zero-order valence-corrected chi connectivity index (χ0v) is 20.1. The standard InChI is InChI=1S/C23H32N4O7/c1-6-33-18(29)11-13-25-20(30)19(16-7-9-17(28)10-8-16)27(14-12-24)21(31)15(2)26-22(32)34-23(3,4)5/h7-10,15,19,28H,6,11,13-14H2,1-5H3,(H,25,30)(H,26,32). The molecule has 1 rings (SSSR count). The molecular formula is C23H32N4O7. The molecule has 3 amide bonds. The second-order valence-corrected chi connectivity index (χ2v) is 8.33. The molecule has 0 spiro atoms. The van der Waals surface area contributed by atoms with E-state index in [9.17, 15) is 29.5 Å². The molecule has 0 saturated heterocycles. The molecular weight excluding hydrogens is 444 g/mol. The summed E-state index contributed by atoms with van der Waals surface area (Å²) in [5.41, 5.74) is -0.466. The number of carbonyl (C=O) groups excluding carboxylic acids is 4. The third-order valence-corrected chi connectivity index (χ3v) is 4.33. The molecule has 2 atom stereocenters. The van der Waals surface area contributed by atoms with Crippen molar-refractivity contribution in [1.29, 1.82) is 5.26 Å². The zero-order chi connectivity index (χ0) is 25.9. The minimum atomic E-state index is -1.27. The summed E-state index contributed by atoms with van der Waals surface area (Å²) in [5, 5.41) is 23.9. The van der Waals surface area contributed by atoms with E-state index in [2.05, 4.69) is 10.6 Å². The zero-order valence-electron chi connectivity index (χ0n) is 20.1. The highest BCUT2D eigenvalue weighted by molar-refractivity contribution is 5.92. The van der Waals surface area contributed by atoms with Gasteiger partial charge in [-0.1, -0.05) is 12.1 Å². The van der Waals surface area contributed by atoms with Gasteiger partial charge in [0, 0.05) is 6.54 Å². The summed E-state index contributed by atoms with van der Waals surface area (Å²) < 4.78 is 9.99. The second-order valence-electron chi connectivity index (χ2n) is 8.33. The Bertz CT molecular complexity index is 903. The van der Waals surface area contributed by atoms with Gasteiger partial charge < -0.3 is 30.1 Å². The number of alkyl carbamates (subject to hydrolysis) is 1. The van der Waals surface area contributed by atoms with Crippen LogP contribution < -0.4 is 10.6 Å². The highest BCUT2D eigenvalue weighted by atomic mass is 16.6. The van der Waals surface area contributed by atoms with Crippen molar-refractivity contribution in [3.63, 3.8) is 0 Å². The van der Waals surface area contributed by atoms with Crippen molar-refractivity contribution in [3.8, 4) is 11.8 Å². The van der Waals surface area contributed by atoms with Gasteiger partial charge in [0.25, 0.3) is 0 Å². The molecule has 2 unspecified atom stereocenters. The topological polar surface area (TPSA) is 158 Å². The van der Waals surface area contributed by atoms with Gasteiger partial charge in [-0.05, 0) is 52.3 Å². The molecule has 1 aromatic rings. The number of rotatable bonds is 10. The van der Waals surface area contributed by atoms with E-state index in [0.29, 0.717) is 5.56 Å². The van der Waals surface area contributed by atoms with Gasteiger partial charge in [0.1, 0.15) is 30.0 Å². The first-order valence-corrected chi connectivity index (χ1v) is 10.8. The number of hydrogen-bond acceptors (Lipinski definition) is 8. The monoisotopic (exact) mass is 476 g/mol. The lowest BCUT2D eigenvalue weighted by atomic mass is 10.0. The number of amides is 3. The lowest BCUT2D eigenvalue weighted by Crippen LogP contribution is -2.52. The first-order chi connectivity index (χ1) is 15.9. The molecule has 11 nitrogen and oxygen atoms in total. The average molecular weight is 477 g/mol. The van der Waals surface area contributed by atoms with Crippen molar-refractivity contribution >= 4 is 23.9 Å². The van der Waals surface area contributed by atoms with Crippen LogP contribution in [0, 0.1) is 11.3 Å². The van der Waals surface area contributed by atoms with Gasteiger partial charge in [0.2, 0.25) is 11.8 Å². The highest BCUT2D eigenvalue weighted by Crippen LogP contribution is 2.24. The Morgan fingerprint density at radius 1 is 1.18 bits per heavy atom. The smallest absolute Gasteiger partial charge is 0.408 e. The Morgan fingerprint density at radius 2 is 1.79 bits per heavy atom. The molecule has 186 valence electrons. The number of phenols is 1. The molecule has 0 aliphatic heterocycles. The number of ether oxygens (including phenoxy) is 2. The molecule has 0 aliphatic carbocycles. The highest BCUT2D eigenvalue weighted by Gasteiger charge is 2.34. The quantitative estimate of drug-likeness (QED) is 0.340. The predicted octanol–water partition coefficient (Wildman–Crippen LogP) is 1.77. The summed E-state index contributed by atoms with van der Waals surface area (Å²) in [4.78, 5) is 51.0. The Kier molecular flexibility index (Phi) is 10.8. The van der Waals surface area contributed by atoms with Gasteiger partial charge in [-0.15, -0.1) is 0 Å². The van der Waals surface area contributed by atoms with E-state index in [1.165, 1.54) is 31.2 Å². The number of nitrogens with one attached hydrogen (secondary N) is 2. The maximum absolute atomic E-state index is 13.2. The van der Waals surface area contributed by atoms with Gasteiger partial charge in [-0.2, -0.15) is 5.26 Å². The lowest BCUT2D eigenvalue weighted by molar-refractivity contribution is -0.144. The maximum atomic E-state index is 13.2. The van der Waals surface area contributed by atoms with Crippen molar-refractivity contribution in [2.75, 3.05) is 19.7 Å². The van der Waals surface area contributed by atoms with Crippen molar-refractivity contribution < 1.29 is 33.8 Å². The largest absolute Gasteiger partial charge is 0.508 e. The van der Waals surface area contributed by atoms with Crippen LogP contribution in [0.4, 0.5) is 4.79 Å². The van der Waals surface area contributed by atoms with Gasteiger partial charge in [0.05, 0.1) is 19.1 Å². The first kappa shape index (κ1) is 28.2. The molecule has 3 N–H and O–H groups in total. The van der Waals surface area contributed by atoms with Crippen LogP contribution in [0.3, 0.4) is 0 Å². The molecule has 1 aromatic carbocycles. The number of esters is 1. The second kappa shape index (κ2) is 13.0. The molecule has 0 aromatic heterocycles. The number of aromatic hydroxyl groups is 1. The van der Waals surface area contributed by atoms with Gasteiger partial charge >= 0.3 is 12.1 Å². The summed E-state index contributed by atoms with van der Waals surface area (Å²) in [6.07, 6.45) is -0.907. The third kappa shape index (κ3) is 9.36. The van der Waals surface area contributed by atoms with Crippen molar-refractivity contribution in [2.24, 2.45) is 0 Å². The van der Waals surface area contributed by atoms with Gasteiger partial charge in [-0.25, -0.2) is 4.79 Å². The summed E-state index contributed by atoms with van der Waals surface area (Å²) in [6.45, 7) is 7.77. The third-order valence-electron chi connectivity index (χ3n) is 4.33. The number of carbonyl (C=O) groups is 4. The number of benzene rings is 1. The van der Waals surface area contributed by atoms with Crippen LogP contribution in [0.1, 0.15) is 52.6 Å². The predicted molar refractivity (Wildman–Crippen MR) is 121 cm³/mol. The van der Waals surface area contributed by atoms with Gasteiger partial charge in [0.15, 0.2) is 0 Å². The van der Waals surface area contributed by atoms with Crippen molar-refractivity contribution in [3.05, 3.63) is 29.8 Å². The van der Waals surface area contributed by atoms with E-state index >= 15 is 0 Å². The lowest BCUT2D eigenvalue weighted by Gasteiger charge is -2.32. The van der Waals surface area contributed by atoms with Crippen LogP contribution in [0.5, 0.6) is 5.75 Å². The minimum absolute atomic E-state index is 0.0491. The van der Waals surface area contributed by atoms with Crippen LogP contribution in [0.15, 0.2) is 24.3 Å². The molecule has 11 heteroatoms. The number of hydrogen-bond donors (Lipinski definition) is 3. The van der Waals surface area contributed by atoms with Crippen LogP contribution in [-0.4, -0.2) is 65.2 Å². The number of phenolic OH excluding ortho intramolecular Hbond substituents is 1. The minimum Gasteiger partial charge on any atom is -0.508 e. The summed E-state index contributed by atoms with van der Waals surface area (Å²) >= 11 is 0. The fourth-order valence-corrected chi connectivity index (χ4v) is 2.91. The van der Waals surface area contributed by atoms with Gasteiger partial charge in [-0.3, -0.25) is 14.4 Å². The molecule has 0 radical (unpaired) electrons. The van der Waals surface area contributed by atoms with Crippen molar-refractivity contribution in [1.82, 2.24) is 15.5 Å². The van der Waals surface area contributed by atoms with E-state index in [-0.39, 0.29) is 25.3 Å². The Morgan fingerprint density at radius 3 is 2.32 bits per heavy atom. The Labute approximate surface area is 199 Å². The summed E-state index contributed by atoms with van der Waals surface area (Å²) in [7, 11) is 0. The van der Waals surface area contributed by atoms with E-state index in [1.54, 1.807) is 27.7 Å². The SMILES string of the molecule is CCOC(=O)CCNC(=O)C(c1ccc(O)cc1)N(CC#N)C(=O)C(C)NC(=O)OC(C)(C)C. The van der Waals surface area contributed by atoms with E-state index in [1.807, 2.05) is 6.07 Å². The number of nitriles is 1. The fraction of sp³-hybridized carbons (Fsp3) is 0.522. The molecule has 34 heavy (non-hydrogen) atoms. The first-order valence-electron chi connectivity index (χ1n) is 10.8. The average Bonchev–Trinajstić information content (AvgIpc) is 2.73. The summed E-state index contributed by atoms with van der Waals surface area (Å²) in [5.74, 6) is -1.90. The molecule has 0 saturated carbocycles. The molecule has 0 fully saturated rings. The van der Waals surface area contributed by atoms with Crippen LogP contribution in [-0.2, 0) is 23.9 Å². The maximum Gasteiger partial charge on any atom is 0.408 e. The van der Waals surface area contributed by atoms with E-state index in [0.717, 1.165) is 4.90 Å². The van der Waals surface area contributed by atoms with E-state index < -0.39 is 48.1 Å².